The third-order valence-electron chi connectivity index (χ3n) is 4.42. The second-order valence-corrected chi connectivity index (χ2v) is 6.61. The molecule has 1 saturated heterocycles. The minimum atomic E-state index is 0.345. The first-order chi connectivity index (χ1) is 11.2. The van der Waals surface area contributed by atoms with Crippen molar-refractivity contribution in [3.05, 3.63) is 30.2 Å². The van der Waals surface area contributed by atoms with E-state index in [1.54, 1.807) is 7.11 Å². The molecule has 1 atom stereocenters. The summed E-state index contributed by atoms with van der Waals surface area (Å²) in [5.74, 6) is 3.14. The minimum absolute atomic E-state index is 0.345. The van der Waals surface area contributed by atoms with Gasteiger partial charge in [-0.25, -0.2) is 0 Å². The number of hydrogen-bond acceptors (Lipinski definition) is 5. The molecule has 0 N–H and O–H groups in total. The first kappa shape index (κ1) is 16.0. The molecule has 1 aliphatic rings. The molecule has 0 aliphatic carbocycles. The lowest BCUT2D eigenvalue weighted by Crippen LogP contribution is -2.22. The molecule has 1 aliphatic heterocycles. The smallest absolute Gasteiger partial charge is 0.251 e. The van der Waals surface area contributed by atoms with Gasteiger partial charge in [0.1, 0.15) is 5.75 Å². The van der Waals surface area contributed by atoms with Crippen LogP contribution < -0.4 is 4.74 Å². The summed E-state index contributed by atoms with van der Waals surface area (Å²) in [7, 11) is 1.65. The molecule has 1 aromatic carbocycles. The Morgan fingerprint density at radius 2 is 2.13 bits per heavy atom. The van der Waals surface area contributed by atoms with Gasteiger partial charge < -0.3 is 14.1 Å². The molecule has 0 amide bonds. The van der Waals surface area contributed by atoms with Crippen molar-refractivity contribution in [3.63, 3.8) is 0 Å². The molecule has 0 saturated carbocycles. The van der Waals surface area contributed by atoms with Gasteiger partial charge in [0.15, 0.2) is 0 Å². The highest BCUT2D eigenvalue weighted by Crippen LogP contribution is 2.32. The fraction of sp³-hybridized carbons (Fsp3) is 0.556. The van der Waals surface area contributed by atoms with Crippen LogP contribution in [0.1, 0.15) is 38.5 Å². The second kappa shape index (κ2) is 7.13. The molecular formula is C18H25N3O2. The molecule has 1 aromatic heterocycles. The van der Waals surface area contributed by atoms with Crippen molar-refractivity contribution < 1.29 is 9.15 Å². The van der Waals surface area contributed by atoms with E-state index in [1.165, 1.54) is 6.42 Å². The Balaban J connectivity index is 1.68. The lowest BCUT2D eigenvalue weighted by Gasteiger charge is -2.16. The van der Waals surface area contributed by atoms with E-state index in [9.17, 15) is 0 Å². The normalized spacial score (nSPS) is 18.7. The van der Waals surface area contributed by atoms with E-state index in [1.807, 2.05) is 24.3 Å². The molecule has 23 heavy (non-hydrogen) atoms. The predicted octanol–water partition coefficient (Wildman–Crippen LogP) is 3.58. The zero-order valence-corrected chi connectivity index (χ0v) is 14.2. The van der Waals surface area contributed by atoms with Gasteiger partial charge in [-0.3, -0.25) is 0 Å². The summed E-state index contributed by atoms with van der Waals surface area (Å²) in [6.45, 7) is 7.82. The molecule has 0 radical (unpaired) electrons. The third kappa shape index (κ3) is 3.72. The van der Waals surface area contributed by atoms with Crippen molar-refractivity contribution in [2.24, 2.45) is 5.92 Å². The SMILES string of the molecule is COc1ccccc1-c1nnc([C@H]2CCN(CCC(C)C)C2)o1. The summed E-state index contributed by atoms with van der Waals surface area (Å²) in [6, 6.07) is 7.73. The van der Waals surface area contributed by atoms with Crippen LogP contribution in [-0.4, -0.2) is 41.8 Å². The topological polar surface area (TPSA) is 51.4 Å². The first-order valence-corrected chi connectivity index (χ1v) is 8.36. The van der Waals surface area contributed by atoms with Crippen LogP contribution >= 0.6 is 0 Å². The average molecular weight is 315 g/mol. The van der Waals surface area contributed by atoms with Crippen LogP contribution in [-0.2, 0) is 0 Å². The number of methoxy groups -OCH3 is 1. The standard InChI is InChI=1S/C18H25N3O2/c1-13(2)8-10-21-11-9-14(12-21)17-19-20-18(23-17)15-6-4-5-7-16(15)22-3/h4-7,13-14H,8-12H2,1-3H3/t14-/m0/s1. The van der Waals surface area contributed by atoms with Crippen molar-refractivity contribution in [1.82, 2.24) is 15.1 Å². The van der Waals surface area contributed by atoms with Gasteiger partial charge in [0.25, 0.3) is 5.89 Å². The first-order valence-electron chi connectivity index (χ1n) is 8.36. The molecular weight excluding hydrogens is 290 g/mol. The lowest BCUT2D eigenvalue weighted by molar-refractivity contribution is 0.305. The summed E-state index contributed by atoms with van der Waals surface area (Å²) in [5.41, 5.74) is 0.850. The Kier molecular flexibility index (Phi) is 4.96. The van der Waals surface area contributed by atoms with Gasteiger partial charge in [0, 0.05) is 6.54 Å². The number of benzene rings is 1. The van der Waals surface area contributed by atoms with Gasteiger partial charge >= 0.3 is 0 Å². The van der Waals surface area contributed by atoms with E-state index >= 15 is 0 Å². The molecule has 3 rings (SSSR count). The number of nitrogens with zero attached hydrogens (tertiary/aromatic N) is 3. The molecule has 1 fully saturated rings. The number of para-hydroxylation sites is 1. The monoisotopic (exact) mass is 315 g/mol. The molecule has 0 unspecified atom stereocenters. The Morgan fingerprint density at radius 3 is 2.91 bits per heavy atom. The van der Waals surface area contributed by atoms with Crippen LogP contribution in [0.2, 0.25) is 0 Å². The predicted molar refractivity (Wildman–Crippen MR) is 89.5 cm³/mol. The zero-order valence-electron chi connectivity index (χ0n) is 14.2. The quantitative estimate of drug-likeness (QED) is 0.815. The third-order valence-corrected chi connectivity index (χ3v) is 4.42. The zero-order chi connectivity index (χ0) is 16.2. The lowest BCUT2D eigenvalue weighted by atomic mass is 10.1. The Labute approximate surface area is 137 Å². The summed E-state index contributed by atoms with van der Waals surface area (Å²) in [5, 5.41) is 8.50. The number of rotatable bonds is 6. The summed E-state index contributed by atoms with van der Waals surface area (Å²) >= 11 is 0. The Morgan fingerprint density at radius 1 is 1.30 bits per heavy atom. The van der Waals surface area contributed by atoms with E-state index in [0.717, 1.165) is 49.2 Å². The number of aromatic nitrogens is 2. The van der Waals surface area contributed by atoms with E-state index < -0.39 is 0 Å². The van der Waals surface area contributed by atoms with E-state index in [-0.39, 0.29) is 0 Å². The fourth-order valence-corrected chi connectivity index (χ4v) is 3.01. The molecule has 0 spiro atoms. The second-order valence-electron chi connectivity index (χ2n) is 6.61. The molecule has 5 heteroatoms. The van der Waals surface area contributed by atoms with E-state index in [0.29, 0.717) is 11.8 Å². The highest BCUT2D eigenvalue weighted by Gasteiger charge is 2.28. The van der Waals surface area contributed by atoms with Crippen molar-refractivity contribution in [3.8, 4) is 17.2 Å². The van der Waals surface area contributed by atoms with Crippen molar-refractivity contribution in [2.75, 3.05) is 26.7 Å². The maximum absolute atomic E-state index is 5.94. The van der Waals surface area contributed by atoms with E-state index in [4.69, 9.17) is 9.15 Å². The van der Waals surface area contributed by atoms with Gasteiger partial charge in [-0.1, -0.05) is 26.0 Å². The summed E-state index contributed by atoms with van der Waals surface area (Å²) in [4.78, 5) is 2.50. The maximum atomic E-state index is 5.94. The van der Waals surface area contributed by atoms with Gasteiger partial charge in [0.05, 0.1) is 18.6 Å². The number of likely N-dealkylation sites (tertiary alicyclic amines) is 1. The highest BCUT2D eigenvalue weighted by atomic mass is 16.5. The Bertz CT molecular complexity index is 639. The van der Waals surface area contributed by atoms with Crippen LogP contribution in [0, 0.1) is 5.92 Å². The summed E-state index contributed by atoms with van der Waals surface area (Å²) < 4.78 is 11.3. The largest absolute Gasteiger partial charge is 0.496 e. The fourth-order valence-electron chi connectivity index (χ4n) is 3.01. The average Bonchev–Trinajstić information content (AvgIpc) is 3.22. The Hall–Kier alpha value is -1.88. The molecule has 124 valence electrons. The molecule has 5 nitrogen and oxygen atoms in total. The number of hydrogen-bond donors (Lipinski definition) is 0. The van der Waals surface area contributed by atoms with Crippen LogP contribution in [0.3, 0.4) is 0 Å². The molecule has 2 aromatic rings. The van der Waals surface area contributed by atoms with Crippen LogP contribution in [0.5, 0.6) is 5.75 Å². The van der Waals surface area contributed by atoms with Gasteiger partial charge in [-0.2, -0.15) is 0 Å². The van der Waals surface area contributed by atoms with Gasteiger partial charge in [-0.05, 0) is 44.0 Å². The van der Waals surface area contributed by atoms with Gasteiger partial charge in [0.2, 0.25) is 5.89 Å². The maximum Gasteiger partial charge on any atom is 0.251 e. The molecule has 0 bridgehead atoms. The van der Waals surface area contributed by atoms with Crippen LogP contribution in [0.4, 0.5) is 0 Å². The minimum Gasteiger partial charge on any atom is -0.496 e. The summed E-state index contributed by atoms with van der Waals surface area (Å²) in [6.07, 6.45) is 2.33. The van der Waals surface area contributed by atoms with Crippen LogP contribution in [0.25, 0.3) is 11.5 Å². The van der Waals surface area contributed by atoms with Crippen molar-refractivity contribution >= 4 is 0 Å². The molecule has 2 heterocycles. The van der Waals surface area contributed by atoms with Crippen LogP contribution in [0.15, 0.2) is 28.7 Å². The van der Waals surface area contributed by atoms with E-state index in [2.05, 4.69) is 28.9 Å². The highest BCUT2D eigenvalue weighted by molar-refractivity contribution is 5.62. The van der Waals surface area contributed by atoms with Gasteiger partial charge in [-0.15, -0.1) is 10.2 Å². The number of ether oxygens (including phenoxy) is 1. The van der Waals surface area contributed by atoms with Crippen molar-refractivity contribution in [2.45, 2.75) is 32.6 Å². The van der Waals surface area contributed by atoms with Crippen molar-refractivity contribution in [1.29, 1.82) is 0 Å².